The number of fused-ring (bicyclic) bond motifs is 3. The predicted molar refractivity (Wildman–Crippen MR) is 119 cm³/mol. The number of ether oxygens (including phenoxy) is 2. The molecule has 1 heterocycles. The Morgan fingerprint density at radius 3 is 2.50 bits per heavy atom. The Kier molecular flexibility index (Phi) is 5.43. The molecule has 2 aliphatic carbocycles. The van der Waals surface area contributed by atoms with Crippen molar-refractivity contribution in [1.29, 1.82) is 0 Å². The molecule has 1 aliphatic heterocycles. The van der Waals surface area contributed by atoms with Crippen LogP contribution in [0.2, 0.25) is 0 Å². The van der Waals surface area contributed by atoms with E-state index in [0.717, 1.165) is 0 Å². The van der Waals surface area contributed by atoms with Gasteiger partial charge in [0.2, 0.25) is 0 Å². The molecule has 0 amide bonds. The fourth-order valence-corrected chi connectivity index (χ4v) is 5.20. The fourth-order valence-electron chi connectivity index (χ4n) is 5.20. The van der Waals surface area contributed by atoms with Gasteiger partial charge in [-0.15, -0.1) is 0 Å². The van der Waals surface area contributed by atoms with Gasteiger partial charge in [-0.25, -0.2) is 0 Å². The van der Waals surface area contributed by atoms with Crippen LogP contribution in [0.1, 0.15) is 75.3 Å². The van der Waals surface area contributed by atoms with Crippen LogP contribution in [0, 0.1) is 5.92 Å². The number of nitrogen functional groups attached to an aromatic ring is 1. The second-order valence-corrected chi connectivity index (χ2v) is 9.13. The highest BCUT2D eigenvalue weighted by Crippen LogP contribution is 2.51. The molecule has 178 valence electrons. The van der Waals surface area contributed by atoms with Crippen LogP contribution < -0.4 is 5.73 Å². The van der Waals surface area contributed by atoms with Crippen LogP contribution in [0.5, 0.6) is 11.5 Å². The number of carbonyl (C=O) groups excluding carboxylic acids is 3. The molecule has 1 saturated heterocycles. The number of Topliss-reactive ketones (excluding diaryl/α,β-unsaturated/α-hetero) is 1. The molecule has 5 rings (SSSR count). The van der Waals surface area contributed by atoms with E-state index in [1.54, 1.807) is 0 Å². The van der Waals surface area contributed by atoms with E-state index in [2.05, 4.69) is 0 Å². The van der Waals surface area contributed by atoms with Crippen LogP contribution in [0.3, 0.4) is 0 Å². The summed E-state index contributed by atoms with van der Waals surface area (Å²) in [5.74, 6) is -2.84. The maximum atomic E-state index is 13.4. The fraction of sp³-hybridized carbons (Fsp3) is 0.400. The number of carbonyl (C=O) groups is 3. The summed E-state index contributed by atoms with van der Waals surface area (Å²) in [5, 5.41) is 32.2. The van der Waals surface area contributed by atoms with Crippen molar-refractivity contribution in [3.63, 3.8) is 0 Å². The van der Waals surface area contributed by atoms with Gasteiger partial charge in [-0.05, 0) is 32.3 Å². The van der Waals surface area contributed by atoms with E-state index in [0.29, 0.717) is 12.8 Å². The van der Waals surface area contributed by atoms with Crippen LogP contribution >= 0.6 is 0 Å². The van der Waals surface area contributed by atoms with E-state index in [1.807, 2.05) is 0 Å². The van der Waals surface area contributed by atoms with Crippen molar-refractivity contribution in [2.75, 3.05) is 12.3 Å². The van der Waals surface area contributed by atoms with Gasteiger partial charge in [0.15, 0.2) is 17.9 Å². The second kappa shape index (κ2) is 8.19. The van der Waals surface area contributed by atoms with E-state index < -0.39 is 47.5 Å². The van der Waals surface area contributed by atoms with Crippen LogP contribution in [-0.4, -0.2) is 51.7 Å². The summed E-state index contributed by atoms with van der Waals surface area (Å²) in [6, 6.07) is 4.48. The lowest BCUT2D eigenvalue weighted by Gasteiger charge is -2.36. The number of aliphatic hydroxyl groups excluding tert-OH is 1. The standard InChI is InChI=1S/C25H25NO8/c1-10(27)11-7-14-19(16(8-11)34-17-6-5-12(28)9-33-17)25(32)21-20(23(14)30)22(29)13-3-2-4-15(26)18(13)24(21)31/h2-4,11-12,16-17,28,30,32H,5-9,26H2,1H3/t11?,12-,16-,17?/m0/s1. The quantitative estimate of drug-likeness (QED) is 0.335. The zero-order valence-electron chi connectivity index (χ0n) is 18.5. The molecule has 34 heavy (non-hydrogen) atoms. The Morgan fingerprint density at radius 1 is 1.09 bits per heavy atom. The van der Waals surface area contributed by atoms with E-state index in [4.69, 9.17) is 15.2 Å². The first kappa shape index (κ1) is 22.5. The first-order valence-corrected chi connectivity index (χ1v) is 11.2. The van der Waals surface area contributed by atoms with Crippen molar-refractivity contribution in [3.05, 3.63) is 51.6 Å². The summed E-state index contributed by atoms with van der Waals surface area (Å²) in [4.78, 5) is 39.0. The molecular formula is C25H25NO8. The Bertz CT molecular complexity index is 1230. The van der Waals surface area contributed by atoms with E-state index >= 15 is 0 Å². The highest BCUT2D eigenvalue weighted by Gasteiger charge is 2.43. The summed E-state index contributed by atoms with van der Waals surface area (Å²) in [5.41, 5.74) is 5.86. The average Bonchev–Trinajstić information content (AvgIpc) is 2.80. The molecule has 0 aromatic heterocycles. The van der Waals surface area contributed by atoms with E-state index in [-0.39, 0.29) is 64.3 Å². The number of aromatic hydroxyl groups is 2. The summed E-state index contributed by atoms with van der Waals surface area (Å²) in [6.07, 6.45) is -1.00. The third-order valence-electron chi connectivity index (χ3n) is 6.98. The van der Waals surface area contributed by atoms with Crippen molar-refractivity contribution in [3.8, 4) is 11.5 Å². The Morgan fingerprint density at radius 2 is 1.82 bits per heavy atom. The van der Waals surface area contributed by atoms with Gasteiger partial charge in [0.25, 0.3) is 0 Å². The molecule has 2 aromatic rings. The summed E-state index contributed by atoms with van der Waals surface area (Å²) in [6.45, 7) is 1.52. The number of aliphatic hydroxyl groups is 1. The molecule has 0 saturated carbocycles. The first-order chi connectivity index (χ1) is 16.2. The molecule has 9 heteroatoms. The smallest absolute Gasteiger partial charge is 0.200 e. The number of phenols is 2. The number of ketones is 3. The molecule has 4 atom stereocenters. The van der Waals surface area contributed by atoms with Gasteiger partial charge in [0.05, 0.1) is 35.5 Å². The van der Waals surface area contributed by atoms with Gasteiger partial charge >= 0.3 is 0 Å². The highest BCUT2D eigenvalue weighted by atomic mass is 16.7. The SMILES string of the molecule is CC(=O)C1Cc2c(O)c3c(c(O)c2[C@@H](OC2CC[C@H](O)CO2)C1)C(=O)c1c(N)cccc1C3=O. The largest absolute Gasteiger partial charge is 0.507 e. The summed E-state index contributed by atoms with van der Waals surface area (Å²) < 4.78 is 11.6. The zero-order valence-corrected chi connectivity index (χ0v) is 18.5. The molecular weight excluding hydrogens is 442 g/mol. The minimum Gasteiger partial charge on any atom is -0.507 e. The van der Waals surface area contributed by atoms with E-state index in [1.165, 1.54) is 25.1 Å². The van der Waals surface area contributed by atoms with Gasteiger partial charge in [-0.1, -0.05) is 12.1 Å². The van der Waals surface area contributed by atoms with Crippen LogP contribution in [0.4, 0.5) is 5.69 Å². The molecule has 3 aliphatic rings. The zero-order chi connectivity index (χ0) is 24.3. The monoisotopic (exact) mass is 467 g/mol. The molecule has 9 nitrogen and oxygen atoms in total. The molecule has 5 N–H and O–H groups in total. The number of rotatable bonds is 3. The number of benzene rings is 2. The minimum absolute atomic E-state index is 0.0193. The molecule has 0 radical (unpaired) electrons. The normalized spacial score (nSPS) is 25.9. The Labute approximate surface area is 195 Å². The number of hydrogen-bond acceptors (Lipinski definition) is 9. The Balaban J connectivity index is 1.66. The highest BCUT2D eigenvalue weighted by molar-refractivity contribution is 6.32. The second-order valence-electron chi connectivity index (χ2n) is 9.13. The van der Waals surface area contributed by atoms with Crippen molar-refractivity contribution in [1.82, 2.24) is 0 Å². The lowest BCUT2D eigenvalue weighted by molar-refractivity contribution is -0.213. The van der Waals surface area contributed by atoms with Crippen LogP contribution in [-0.2, 0) is 20.7 Å². The van der Waals surface area contributed by atoms with Crippen molar-refractivity contribution in [2.45, 2.75) is 51.1 Å². The number of nitrogens with two attached hydrogens (primary N) is 1. The summed E-state index contributed by atoms with van der Waals surface area (Å²) in [7, 11) is 0. The van der Waals surface area contributed by atoms with Crippen LogP contribution in [0.15, 0.2) is 18.2 Å². The third kappa shape index (κ3) is 3.39. The number of hydrogen-bond donors (Lipinski definition) is 4. The first-order valence-electron chi connectivity index (χ1n) is 11.2. The molecule has 2 aromatic carbocycles. The van der Waals surface area contributed by atoms with Crippen LogP contribution in [0.25, 0.3) is 0 Å². The molecule has 0 bridgehead atoms. The van der Waals surface area contributed by atoms with E-state index in [9.17, 15) is 29.7 Å². The number of phenolic OH excluding ortho intramolecular Hbond substituents is 2. The Hall–Kier alpha value is -3.27. The number of anilines is 1. The van der Waals surface area contributed by atoms with Gasteiger partial charge in [0.1, 0.15) is 17.3 Å². The molecule has 2 unspecified atom stereocenters. The van der Waals surface area contributed by atoms with Gasteiger partial charge in [-0.3, -0.25) is 14.4 Å². The molecule has 0 spiro atoms. The summed E-state index contributed by atoms with van der Waals surface area (Å²) >= 11 is 0. The van der Waals surface area contributed by atoms with Crippen molar-refractivity contribution >= 4 is 23.0 Å². The van der Waals surface area contributed by atoms with Gasteiger partial charge < -0.3 is 30.5 Å². The predicted octanol–water partition coefficient (Wildman–Crippen LogP) is 2.16. The van der Waals surface area contributed by atoms with Gasteiger partial charge in [-0.2, -0.15) is 0 Å². The maximum Gasteiger partial charge on any atom is 0.200 e. The lowest BCUT2D eigenvalue weighted by Crippen LogP contribution is -2.35. The third-order valence-corrected chi connectivity index (χ3v) is 6.98. The average molecular weight is 467 g/mol. The molecule has 1 fully saturated rings. The van der Waals surface area contributed by atoms with Gasteiger partial charge in [0, 0.05) is 34.7 Å². The van der Waals surface area contributed by atoms with Crippen molar-refractivity contribution in [2.24, 2.45) is 5.92 Å². The maximum absolute atomic E-state index is 13.4. The lowest BCUT2D eigenvalue weighted by atomic mass is 9.73. The van der Waals surface area contributed by atoms with Crippen molar-refractivity contribution < 1.29 is 39.2 Å². The topological polar surface area (TPSA) is 156 Å². The minimum atomic E-state index is -0.869.